The van der Waals surface area contributed by atoms with Gasteiger partial charge in [0.05, 0.1) is 6.04 Å². The zero-order valence-electron chi connectivity index (χ0n) is 6.86. The molecule has 4 nitrogen and oxygen atoms in total. The molecule has 0 unspecified atom stereocenters. The lowest BCUT2D eigenvalue weighted by atomic mass is 10.2. The van der Waals surface area contributed by atoms with E-state index in [4.69, 9.17) is 21.0 Å². The van der Waals surface area contributed by atoms with Gasteiger partial charge in [-0.2, -0.15) is 0 Å². The number of nitrogens with two attached hydrogens (primary N) is 2. The van der Waals surface area contributed by atoms with Gasteiger partial charge in [-0.05, 0) is 25.1 Å². The summed E-state index contributed by atoms with van der Waals surface area (Å²) >= 11 is 0. The fraction of sp³-hybridized carbons (Fsp3) is 0.500. The highest BCUT2D eigenvalue weighted by molar-refractivity contribution is 5.09. The quantitative estimate of drug-likeness (QED) is 0.599. The van der Waals surface area contributed by atoms with Crippen LogP contribution in [-0.4, -0.2) is 11.7 Å². The van der Waals surface area contributed by atoms with E-state index in [9.17, 15) is 0 Å². The number of aliphatic hydroxyl groups excluding tert-OH is 1. The summed E-state index contributed by atoms with van der Waals surface area (Å²) in [5.41, 5.74) is 11.1. The molecule has 0 aliphatic heterocycles. The molecule has 0 saturated heterocycles. The van der Waals surface area contributed by atoms with Gasteiger partial charge in [0.1, 0.15) is 18.1 Å². The molecule has 0 bridgehead atoms. The van der Waals surface area contributed by atoms with Gasteiger partial charge in [-0.25, -0.2) is 0 Å². The first-order valence-corrected chi connectivity index (χ1v) is 3.93. The lowest BCUT2D eigenvalue weighted by molar-refractivity contribution is 0.241. The highest BCUT2D eigenvalue weighted by atomic mass is 16.4. The van der Waals surface area contributed by atoms with Crippen LogP contribution in [0.2, 0.25) is 0 Å². The zero-order valence-corrected chi connectivity index (χ0v) is 6.86. The molecule has 1 aromatic rings. The maximum atomic E-state index is 8.70. The molecule has 68 valence electrons. The van der Waals surface area contributed by atoms with Gasteiger partial charge in [0.25, 0.3) is 0 Å². The van der Waals surface area contributed by atoms with Gasteiger partial charge in [-0.15, -0.1) is 0 Å². The molecule has 0 amide bonds. The topological polar surface area (TPSA) is 85.4 Å². The van der Waals surface area contributed by atoms with E-state index in [1.807, 2.05) is 0 Å². The fourth-order valence-electron chi connectivity index (χ4n) is 1.00. The van der Waals surface area contributed by atoms with Gasteiger partial charge < -0.3 is 21.0 Å². The highest BCUT2D eigenvalue weighted by Crippen LogP contribution is 2.16. The van der Waals surface area contributed by atoms with Crippen molar-refractivity contribution in [1.82, 2.24) is 0 Å². The Morgan fingerprint density at radius 3 is 2.75 bits per heavy atom. The molecular weight excluding hydrogens is 156 g/mol. The van der Waals surface area contributed by atoms with E-state index in [-0.39, 0.29) is 12.6 Å². The zero-order chi connectivity index (χ0) is 8.97. The summed E-state index contributed by atoms with van der Waals surface area (Å²) in [6.07, 6.45) is 0.693. The van der Waals surface area contributed by atoms with E-state index in [1.165, 1.54) is 0 Å². The molecule has 1 rings (SSSR count). The van der Waals surface area contributed by atoms with Crippen LogP contribution in [0.4, 0.5) is 0 Å². The normalized spacial score (nSPS) is 13.2. The Morgan fingerprint density at radius 2 is 2.25 bits per heavy atom. The van der Waals surface area contributed by atoms with E-state index in [0.29, 0.717) is 24.5 Å². The Morgan fingerprint density at radius 1 is 1.50 bits per heavy atom. The van der Waals surface area contributed by atoms with Gasteiger partial charge in [-0.1, -0.05) is 0 Å². The SMILES string of the molecule is NCC[C@H](N)c1ccc(CO)o1. The fourth-order valence-corrected chi connectivity index (χ4v) is 1.00. The van der Waals surface area contributed by atoms with Gasteiger partial charge >= 0.3 is 0 Å². The van der Waals surface area contributed by atoms with Crippen LogP contribution < -0.4 is 11.5 Å². The Kier molecular flexibility index (Phi) is 3.28. The Balaban J connectivity index is 2.61. The van der Waals surface area contributed by atoms with Crippen molar-refractivity contribution in [3.63, 3.8) is 0 Å². The van der Waals surface area contributed by atoms with Crippen LogP contribution in [0.1, 0.15) is 24.0 Å². The minimum atomic E-state index is -0.157. The maximum Gasteiger partial charge on any atom is 0.129 e. The van der Waals surface area contributed by atoms with Crippen molar-refractivity contribution in [3.8, 4) is 0 Å². The van der Waals surface area contributed by atoms with E-state index < -0.39 is 0 Å². The summed E-state index contributed by atoms with van der Waals surface area (Å²) < 4.78 is 5.22. The lowest BCUT2D eigenvalue weighted by Crippen LogP contribution is -2.14. The van der Waals surface area contributed by atoms with Crippen molar-refractivity contribution in [2.75, 3.05) is 6.54 Å². The third kappa shape index (κ3) is 2.07. The second-order valence-corrected chi connectivity index (χ2v) is 2.65. The Hall–Kier alpha value is -0.840. The Labute approximate surface area is 71.2 Å². The monoisotopic (exact) mass is 170 g/mol. The smallest absolute Gasteiger partial charge is 0.129 e. The molecule has 1 atom stereocenters. The second kappa shape index (κ2) is 4.25. The van der Waals surface area contributed by atoms with Crippen molar-refractivity contribution in [2.24, 2.45) is 11.5 Å². The molecule has 1 heterocycles. The Bertz CT molecular complexity index is 235. The average molecular weight is 170 g/mol. The van der Waals surface area contributed by atoms with Crippen LogP contribution in [0.15, 0.2) is 16.5 Å². The summed E-state index contributed by atoms with van der Waals surface area (Å²) in [6.45, 7) is 0.450. The maximum absolute atomic E-state index is 8.70. The third-order valence-corrected chi connectivity index (χ3v) is 1.68. The average Bonchev–Trinajstić information content (AvgIpc) is 2.52. The number of hydrogen-bond acceptors (Lipinski definition) is 4. The van der Waals surface area contributed by atoms with Crippen molar-refractivity contribution >= 4 is 0 Å². The van der Waals surface area contributed by atoms with E-state index >= 15 is 0 Å². The summed E-state index contributed by atoms with van der Waals surface area (Å²) in [7, 11) is 0. The molecule has 12 heavy (non-hydrogen) atoms. The summed E-state index contributed by atoms with van der Waals surface area (Å²) in [6, 6.07) is 3.33. The first-order valence-electron chi connectivity index (χ1n) is 3.93. The predicted molar refractivity (Wildman–Crippen MR) is 45.2 cm³/mol. The largest absolute Gasteiger partial charge is 0.462 e. The number of rotatable bonds is 4. The van der Waals surface area contributed by atoms with Crippen LogP contribution in [0, 0.1) is 0 Å². The molecule has 0 aliphatic rings. The van der Waals surface area contributed by atoms with Crippen LogP contribution >= 0.6 is 0 Å². The van der Waals surface area contributed by atoms with E-state index in [2.05, 4.69) is 0 Å². The molecule has 0 aliphatic carbocycles. The van der Waals surface area contributed by atoms with Crippen molar-refractivity contribution in [3.05, 3.63) is 23.7 Å². The standard InChI is InChI=1S/C8H14N2O2/c9-4-3-7(10)8-2-1-6(5-11)12-8/h1-2,7,11H,3-5,9-10H2/t7-/m0/s1. The van der Waals surface area contributed by atoms with Crippen LogP contribution in [0.3, 0.4) is 0 Å². The summed E-state index contributed by atoms with van der Waals surface area (Å²) in [5, 5.41) is 8.70. The van der Waals surface area contributed by atoms with E-state index in [1.54, 1.807) is 12.1 Å². The van der Waals surface area contributed by atoms with Crippen LogP contribution in [-0.2, 0) is 6.61 Å². The molecule has 0 radical (unpaired) electrons. The molecule has 5 N–H and O–H groups in total. The third-order valence-electron chi connectivity index (χ3n) is 1.68. The molecule has 0 saturated carbocycles. The molecule has 0 aromatic carbocycles. The molecular formula is C8H14N2O2. The molecule has 0 spiro atoms. The first kappa shape index (κ1) is 9.25. The van der Waals surface area contributed by atoms with Crippen LogP contribution in [0.5, 0.6) is 0 Å². The number of furan rings is 1. The number of hydrogen-bond donors (Lipinski definition) is 3. The molecule has 1 aromatic heterocycles. The summed E-state index contributed by atoms with van der Waals surface area (Å²) in [4.78, 5) is 0. The first-order chi connectivity index (χ1) is 5.77. The van der Waals surface area contributed by atoms with Crippen molar-refractivity contribution in [1.29, 1.82) is 0 Å². The van der Waals surface area contributed by atoms with Crippen molar-refractivity contribution < 1.29 is 9.52 Å². The van der Waals surface area contributed by atoms with Gasteiger partial charge in [-0.3, -0.25) is 0 Å². The van der Waals surface area contributed by atoms with Gasteiger partial charge in [0.2, 0.25) is 0 Å². The van der Waals surface area contributed by atoms with Crippen LogP contribution in [0.25, 0.3) is 0 Å². The molecule has 4 heteroatoms. The highest BCUT2D eigenvalue weighted by Gasteiger charge is 2.09. The van der Waals surface area contributed by atoms with Gasteiger partial charge in [0, 0.05) is 0 Å². The number of aliphatic hydroxyl groups is 1. The second-order valence-electron chi connectivity index (χ2n) is 2.65. The predicted octanol–water partition coefficient (Wildman–Crippen LogP) is 0.120. The molecule has 0 fully saturated rings. The minimum absolute atomic E-state index is 0.0880. The van der Waals surface area contributed by atoms with Gasteiger partial charge in [0.15, 0.2) is 0 Å². The lowest BCUT2D eigenvalue weighted by Gasteiger charge is -2.05. The minimum Gasteiger partial charge on any atom is -0.462 e. The summed E-state index contributed by atoms with van der Waals surface area (Å²) in [5.74, 6) is 1.22. The van der Waals surface area contributed by atoms with Crippen molar-refractivity contribution in [2.45, 2.75) is 19.1 Å². The van der Waals surface area contributed by atoms with E-state index in [0.717, 1.165) is 0 Å².